The van der Waals surface area contributed by atoms with Crippen LogP contribution in [0.1, 0.15) is 1.43 Å². The fourth-order valence-electron chi connectivity index (χ4n) is 0.284. The molecule has 22 nitrogen and oxygen atoms in total. The second-order valence-corrected chi connectivity index (χ2v) is 5.82. The first-order valence-electron chi connectivity index (χ1n) is 2.28. The molecule has 0 aromatic heterocycles. The molecule has 0 fully saturated rings. The Labute approximate surface area is 167 Å². The van der Waals surface area contributed by atoms with E-state index in [0.717, 1.165) is 0 Å². The van der Waals surface area contributed by atoms with Gasteiger partial charge in [-0.15, -0.1) is 0 Å². The molecule has 0 saturated heterocycles. The standard InChI is InChI=1S/Na.H5O10P3.12H2O.H/c;1-11(2,3)9-13(7,8)10-12(4,5)6;;;;;;;;;;;;;/h;(H,7,8)(H2,1,2,3)(H2,4,5,6);12*1H2;/q+1;;;;;;;;;;;;;;-1. The average Bonchev–Trinajstić information content (AvgIpc) is 1.43. The van der Waals surface area contributed by atoms with Crippen LogP contribution < -0.4 is 29.6 Å². The molecule has 0 aromatic rings. The summed E-state index contributed by atoms with van der Waals surface area (Å²) in [6, 6.07) is 0. The molecule has 0 spiro atoms. The Hall–Kier alpha value is 0.930. The van der Waals surface area contributed by atoms with Crippen LogP contribution in [0.15, 0.2) is 0 Å². The summed E-state index contributed by atoms with van der Waals surface area (Å²) in [5.41, 5.74) is 0. The van der Waals surface area contributed by atoms with E-state index < -0.39 is 23.5 Å². The molecule has 0 atom stereocenters. The second-order valence-electron chi connectivity index (χ2n) is 1.61. The van der Waals surface area contributed by atoms with Crippen molar-refractivity contribution < 1.29 is 143 Å². The summed E-state index contributed by atoms with van der Waals surface area (Å²) in [6.45, 7) is 0. The molecular formula is H30NaO22P3. The predicted octanol–water partition coefficient (Wildman–Crippen LogP) is -13.5. The van der Waals surface area contributed by atoms with Crippen LogP contribution >= 0.6 is 23.5 Å². The maximum absolute atomic E-state index is 10.4. The zero-order valence-electron chi connectivity index (χ0n) is 13.6. The van der Waals surface area contributed by atoms with Gasteiger partial charge in [0.05, 0.1) is 0 Å². The number of phosphoric acid groups is 3. The van der Waals surface area contributed by atoms with Crippen molar-refractivity contribution >= 4 is 23.5 Å². The zero-order chi connectivity index (χ0) is 10.9. The van der Waals surface area contributed by atoms with Crippen LogP contribution in [0.3, 0.4) is 0 Å². The Morgan fingerprint density at radius 3 is 0.654 bits per heavy atom. The van der Waals surface area contributed by atoms with Gasteiger partial charge in [0.1, 0.15) is 0 Å². The summed E-state index contributed by atoms with van der Waals surface area (Å²) < 4.78 is 36.4. The first-order chi connectivity index (χ1) is 5.41. The smallest absolute Gasteiger partial charge is 1.00 e. The minimum atomic E-state index is -5.46. The van der Waals surface area contributed by atoms with Gasteiger partial charge in [-0.25, -0.2) is 13.7 Å². The molecule has 178 valence electrons. The molecule has 0 aliphatic rings. The van der Waals surface area contributed by atoms with Crippen molar-refractivity contribution in [2.45, 2.75) is 0 Å². The van der Waals surface area contributed by atoms with E-state index in [2.05, 4.69) is 8.62 Å². The molecule has 0 bridgehead atoms. The Kier molecular flexibility index (Phi) is 153. The molecule has 0 unspecified atom stereocenters. The van der Waals surface area contributed by atoms with E-state index in [4.69, 9.17) is 24.5 Å². The predicted molar refractivity (Wildman–Crippen MR) is 80.6 cm³/mol. The fourth-order valence-corrected chi connectivity index (χ4v) is 2.82. The van der Waals surface area contributed by atoms with Crippen LogP contribution in [0.5, 0.6) is 0 Å². The first-order valence-corrected chi connectivity index (χ1v) is 6.83. The molecular weight excluding hydrogens is 468 g/mol. The fraction of sp³-hybridized carbons (Fsp3) is 0. The Morgan fingerprint density at radius 1 is 0.462 bits per heavy atom. The number of hydrogen-bond acceptors (Lipinski definition) is 5. The van der Waals surface area contributed by atoms with Gasteiger partial charge in [0, 0.05) is 0 Å². The average molecular weight is 498 g/mol. The molecule has 0 saturated carbocycles. The molecule has 0 aliphatic carbocycles. The van der Waals surface area contributed by atoms with Crippen molar-refractivity contribution in [1.82, 2.24) is 0 Å². The van der Waals surface area contributed by atoms with Gasteiger partial charge in [0.25, 0.3) is 0 Å². The van der Waals surface area contributed by atoms with E-state index in [1.165, 1.54) is 0 Å². The SMILES string of the molecule is O.O.O.O.O.O.O.O.O.O.O.O.O=P(O)(O)OP(=O)(O)OP(=O)(O)O.[H-].[Na+]. The monoisotopic (exact) mass is 498 g/mol. The maximum Gasteiger partial charge on any atom is 1.00 e. The quantitative estimate of drug-likeness (QED) is 0.180. The summed E-state index contributed by atoms with van der Waals surface area (Å²) in [5, 5.41) is 0. The summed E-state index contributed by atoms with van der Waals surface area (Å²) in [5.74, 6) is 0. The van der Waals surface area contributed by atoms with Crippen LogP contribution in [-0.4, -0.2) is 90.2 Å². The van der Waals surface area contributed by atoms with Gasteiger partial charge in [-0.3, -0.25) is 0 Å². The van der Waals surface area contributed by atoms with Crippen molar-refractivity contribution in [3.63, 3.8) is 0 Å². The van der Waals surface area contributed by atoms with Gasteiger partial charge in [0.2, 0.25) is 0 Å². The van der Waals surface area contributed by atoms with Crippen LogP contribution in [0.2, 0.25) is 0 Å². The summed E-state index contributed by atoms with van der Waals surface area (Å²) in [7, 11) is -16.2. The van der Waals surface area contributed by atoms with Crippen LogP contribution in [0.25, 0.3) is 0 Å². The third kappa shape index (κ3) is 85.4. The molecule has 0 aliphatic heterocycles. The number of rotatable bonds is 4. The molecule has 26 heteroatoms. The van der Waals surface area contributed by atoms with Crippen molar-refractivity contribution in [1.29, 1.82) is 0 Å². The second kappa shape index (κ2) is 36.8. The van der Waals surface area contributed by atoms with Crippen molar-refractivity contribution in [2.24, 2.45) is 0 Å². The van der Waals surface area contributed by atoms with E-state index in [0.29, 0.717) is 0 Å². The Balaban J connectivity index is -0.00000000791. The Bertz CT molecular complexity index is 288. The third-order valence-electron chi connectivity index (χ3n) is 0.419. The molecule has 0 aromatic carbocycles. The minimum Gasteiger partial charge on any atom is -1.00 e. The molecule has 29 N–H and O–H groups in total. The maximum atomic E-state index is 10.4. The summed E-state index contributed by atoms with van der Waals surface area (Å²) in [6.07, 6.45) is 0. The van der Waals surface area contributed by atoms with E-state index in [1.54, 1.807) is 0 Å². The van der Waals surface area contributed by atoms with Gasteiger partial charge in [-0.2, -0.15) is 8.62 Å². The van der Waals surface area contributed by atoms with Gasteiger partial charge >= 0.3 is 53.0 Å². The van der Waals surface area contributed by atoms with Crippen LogP contribution in [-0.2, 0) is 22.3 Å². The summed E-state index contributed by atoms with van der Waals surface area (Å²) >= 11 is 0. The molecule has 0 amide bonds. The molecule has 0 heterocycles. The normalized spacial score (nSPS) is 7.27. The first kappa shape index (κ1) is 108. The summed E-state index contributed by atoms with van der Waals surface area (Å²) in [4.78, 5) is 40.2. The van der Waals surface area contributed by atoms with E-state index in [1.807, 2.05) is 0 Å². The molecule has 26 heavy (non-hydrogen) atoms. The van der Waals surface area contributed by atoms with Gasteiger partial charge in [-0.05, 0) is 0 Å². The van der Waals surface area contributed by atoms with Gasteiger partial charge < -0.3 is 91.6 Å². The van der Waals surface area contributed by atoms with E-state index in [9.17, 15) is 13.7 Å². The third-order valence-corrected chi connectivity index (χ3v) is 3.77. The van der Waals surface area contributed by atoms with Gasteiger partial charge in [-0.1, -0.05) is 0 Å². The van der Waals surface area contributed by atoms with Gasteiger partial charge in [0.15, 0.2) is 0 Å². The van der Waals surface area contributed by atoms with E-state index >= 15 is 0 Å². The van der Waals surface area contributed by atoms with Crippen LogP contribution in [0.4, 0.5) is 0 Å². The van der Waals surface area contributed by atoms with Crippen LogP contribution in [0, 0.1) is 0 Å². The Morgan fingerprint density at radius 2 is 0.577 bits per heavy atom. The number of hydrogen-bond donors (Lipinski definition) is 5. The molecule has 0 radical (unpaired) electrons. The van der Waals surface area contributed by atoms with E-state index in [-0.39, 0.29) is 96.7 Å². The minimum absolute atomic E-state index is 0. The largest absolute Gasteiger partial charge is 1.00 e. The van der Waals surface area contributed by atoms with Crippen molar-refractivity contribution in [3.8, 4) is 0 Å². The van der Waals surface area contributed by atoms with Crippen molar-refractivity contribution in [3.05, 3.63) is 0 Å². The topological polar surface area (TPSA) is 549 Å². The zero-order valence-corrected chi connectivity index (χ0v) is 17.3. The molecule has 0 rings (SSSR count). The van der Waals surface area contributed by atoms with Crippen molar-refractivity contribution in [2.75, 3.05) is 0 Å².